The molecular formula is C30H27N3O3. The number of nitrogens with zero attached hydrogens (tertiary/aromatic N) is 2. The maximum atomic E-state index is 13.5. The van der Waals surface area contributed by atoms with E-state index in [2.05, 4.69) is 0 Å². The molecule has 2 N–H and O–H groups in total. The van der Waals surface area contributed by atoms with Crippen molar-refractivity contribution in [1.82, 2.24) is 4.90 Å². The number of nitrogens with two attached hydrogens (primary N) is 1. The molecule has 36 heavy (non-hydrogen) atoms. The Balaban J connectivity index is 1.55. The third-order valence-electron chi connectivity index (χ3n) is 6.45. The highest BCUT2D eigenvalue weighted by Gasteiger charge is 2.49. The minimum atomic E-state index is -1.24. The summed E-state index contributed by atoms with van der Waals surface area (Å²) in [6.45, 7) is 0.423. The van der Waals surface area contributed by atoms with Crippen LogP contribution in [0.25, 0.3) is 11.1 Å². The van der Waals surface area contributed by atoms with Crippen LogP contribution in [0.4, 0.5) is 0 Å². The van der Waals surface area contributed by atoms with Crippen molar-refractivity contribution >= 4 is 11.9 Å². The first-order chi connectivity index (χ1) is 17.5. The molecule has 0 aliphatic carbocycles. The van der Waals surface area contributed by atoms with Gasteiger partial charge in [-0.25, -0.2) is 4.99 Å². The Labute approximate surface area is 210 Å². The molecule has 1 heterocycles. The molecule has 0 spiro atoms. The Bertz CT molecular complexity index is 1420. The number of rotatable bonds is 7. The molecule has 6 heteroatoms. The number of aliphatic imine (C=N–C) groups is 1. The number of methoxy groups -OCH3 is 1. The Morgan fingerprint density at radius 3 is 2.14 bits per heavy atom. The van der Waals surface area contributed by atoms with Gasteiger partial charge in [0.15, 0.2) is 23.0 Å². The van der Waals surface area contributed by atoms with Crippen molar-refractivity contribution in [1.29, 1.82) is 0 Å². The van der Waals surface area contributed by atoms with Gasteiger partial charge < -0.3 is 15.2 Å². The molecule has 1 atom stereocenters. The summed E-state index contributed by atoms with van der Waals surface area (Å²) in [6.07, 6.45) is 0. The second-order valence-electron chi connectivity index (χ2n) is 8.63. The topological polar surface area (TPSA) is 77.2 Å². The fourth-order valence-electron chi connectivity index (χ4n) is 4.49. The fraction of sp³-hybridized carbons (Fsp3) is 0.133. The summed E-state index contributed by atoms with van der Waals surface area (Å²) < 4.78 is 11.7. The molecule has 180 valence electrons. The monoisotopic (exact) mass is 477 g/mol. The smallest absolute Gasteiger partial charge is 0.266 e. The van der Waals surface area contributed by atoms with Crippen LogP contribution in [0.1, 0.15) is 16.7 Å². The van der Waals surface area contributed by atoms with E-state index in [-0.39, 0.29) is 11.9 Å². The molecule has 1 aliphatic heterocycles. The van der Waals surface area contributed by atoms with Gasteiger partial charge in [0, 0.05) is 7.05 Å². The van der Waals surface area contributed by atoms with E-state index < -0.39 is 5.54 Å². The molecule has 0 radical (unpaired) electrons. The lowest BCUT2D eigenvalue weighted by Gasteiger charge is -2.26. The molecule has 4 aromatic rings. The molecule has 1 unspecified atom stereocenters. The van der Waals surface area contributed by atoms with E-state index in [0.717, 1.165) is 27.8 Å². The van der Waals surface area contributed by atoms with Gasteiger partial charge in [0.25, 0.3) is 5.91 Å². The zero-order chi connectivity index (χ0) is 25.1. The van der Waals surface area contributed by atoms with Crippen molar-refractivity contribution in [3.05, 3.63) is 120 Å². The average molecular weight is 478 g/mol. The second-order valence-corrected chi connectivity index (χ2v) is 8.63. The molecule has 1 aliphatic rings. The van der Waals surface area contributed by atoms with E-state index in [0.29, 0.717) is 18.1 Å². The summed E-state index contributed by atoms with van der Waals surface area (Å²) in [7, 11) is 3.27. The summed E-state index contributed by atoms with van der Waals surface area (Å²) in [5.74, 6) is 1.29. The molecule has 0 aromatic heterocycles. The highest BCUT2D eigenvalue weighted by atomic mass is 16.5. The van der Waals surface area contributed by atoms with Crippen molar-refractivity contribution in [2.75, 3.05) is 14.2 Å². The molecule has 0 bridgehead atoms. The number of ether oxygens (including phenoxy) is 2. The summed E-state index contributed by atoms with van der Waals surface area (Å²) in [4.78, 5) is 19.6. The molecule has 6 nitrogen and oxygen atoms in total. The van der Waals surface area contributed by atoms with E-state index in [1.165, 1.54) is 4.90 Å². The first kappa shape index (κ1) is 23.2. The van der Waals surface area contributed by atoms with Crippen molar-refractivity contribution in [2.45, 2.75) is 12.1 Å². The van der Waals surface area contributed by atoms with Crippen molar-refractivity contribution in [3.8, 4) is 22.6 Å². The third kappa shape index (κ3) is 4.07. The van der Waals surface area contributed by atoms with Gasteiger partial charge in [-0.1, -0.05) is 84.9 Å². The largest absolute Gasteiger partial charge is 0.493 e. The minimum absolute atomic E-state index is 0.190. The Kier molecular flexibility index (Phi) is 6.17. The van der Waals surface area contributed by atoms with Gasteiger partial charge in [-0.05, 0) is 46.0 Å². The highest BCUT2D eigenvalue weighted by molar-refractivity contribution is 6.09. The number of carbonyl (C=O) groups is 1. The lowest BCUT2D eigenvalue weighted by molar-refractivity contribution is -0.129. The number of amides is 1. The zero-order valence-electron chi connectivity index (χ0n) is 20.2. The summed E-state index contributed by atoms with van der Waals surface area (Å²) >= 11 is 0. The van der Waals surface area contributed by atoms with Crippen LogP contribution >= 0.6 is 0 Å². The average Bonchev–Trinajstić information content (AvgIpc) is 3.17. The molecule has 0 fully saturated rings. The molecular weight excluding hydrogens is 450 g/mol. The van der Waals surface area contributed by atoms with Gasteiger partial charge in [0.05, 0.1) is 7.11 Å². The van der Waals surface area contributed by atoms with Crippen LogP contribution in [0.3, 0.4) is 0 Å². The Morgan fingerprint density at radius 2 is 1.47 bits per heavy atom. The van der Waals surface area contributed by atoms with Gasteiger partial charge in [0.1, 0.15) is 6.61 Å². The zero-order valence-corrected chi connectivity index (χ0v) is 20.2. The quantitative estimate of drug-likeness (QED) is 0.408. The molecule has 4 aromatic carbocycles. The van der Waals surface area contributed by atoms with E-state index in [9.17, 15) is 4.79 Å². The van der Waals surface area contributed by atoms with Crippen molar-refractivity contribution in [3.63, 3.8) is 0 Å². The van der Waals surface area contributed by atoms with Gasteiger partial charge in [0.2, 0.25) is 0 Å². The van der Waals surface area contributed by atoms with Crippen LogP contribution in [-0.4, -0.2) is 30.9 Å². The fourth-order valence-corrected chi connectivity index (χ4v) is 4.49. The normalized spacial score (nSPS) is 17.1. The number of carbonyl (C=O) groups excluding carboxylic acids is 1. The molecule has 0 saturated heterocycles. The van der Waals surface area contributed by atoms with Gasteiger partial charge in [-0.3, -0.25) is 9.69 Å². The maximum Gasteiger partial charge on any atom is 0.266 e. The number of hydrogen-bond acceptors (Lipinski definition) is 5. The third-order valence-corrected chi connectivity index (χ3v) is 6.45. The first-order valence-corrected chi connectivity index (χ1v) is 11.7. The number of benzene rings is 4. The highest BCUT2D eigenvalue weighted by Crippen LogP contribution is 2.41. The SMILES string of the molecule is COc1ccc(-c2cccc(C3(c4ccccc4)N=C(N)N(C)C3=O)c2)cc1OCc1ccccc1. The second kappa shape index (κ2) is 9.58. The number of guanidine groups is 1. The van der Waals surface area contributed by atoms with E-state index in [4.69, 9.17) is 20.2 Å². The lowest BCUT2D eigenvalue weighted by atomic mass is 9.82. The number of hydrogen-bond donors (Lipinski definition) is 1. The standard InChI is InChI=1S/C30H27N3O3/c1-33-28(34)30(32-29(33)31,24-13-7-4-8-14-24)25-15-9-12-22(18-25)23-16-17-26(35-2)27(19-23)36-20-21-10-5-3-6-11-21/h3-19H,20H2,1-2H3,(H2,31,32). The van der Waals surface area contributed by atoms with Gasteiger partial charge in [-0.15, -0.1) is 0 Å². The van der Waals surface area contributed by atoms with Crippen LogP contribution in [0.2, 0.25) is 0 Å². The van der Waals surface area contributed by atoms with E-state index in [1.54, 1.807) is 14.2 Å². The van der Waals surface area contributed by atoms with Gasteiger partial charge >= 0.3 is 0 Å². The van der Waals surface area contributed by atoms with Crippen LogP contribution < -0.4 is 15.2 Å². The predicted molar refractivity (Wildman–Crippen MR) is 141 cm³/mol. The van der Waals surface area contributed by atoms with E-state index >= 15 is 0 Å². The van der Waals surface area contributed by atoms with Gasteiger partial charge in [-0.2, -0.15) is 0 Å². The number of likely N-dealkylation sites (N-methyl/N-ethyl adjacent to an activating group) is 1. The lowest BCUT2D eigenvalue weighted by Crippen LogP contribution is -2.41. The van der Waals surface area contributed by atoms with Crippen LogP contribution in [0.5, 0.6) is 11.5 Å². The van der Waals surface area contributed by atoms with Crippen molar-refractivity contribution in [2.24, 2.45) is 10.7 Å². The Hall–Kier alpha value is -4.58. The molecule has 5 rings (SSSR count). The minimum Gasteiger partial charge on any atom is -0.493 e. The van der Waals surface area contributed by atoms with Crippen LogP contribution in [0, 0.1) is 0 Å². The predicted octanol–water partition coefficient (Wildman–Crippen LogP) is 4.97. The molecule has 1 amide bonds. The molecule has 0 saturated carbocycles. The van der Waals surface area contributed by atoms with Crippen LogP contribution in [0.15, 0.2) is 108 Å². The first-order valence-electron chi connectivity index (χ1n) is 11.7. The summed E-state index contributed by atoms with van der Waals surface area (Å²) in [5.41, 5.74) is 9.31. The van der Waals surface area contributed by atoms with Crippen LogP contribution in [-0.2, 0) is 16.9 Å². The Morgan fingerprint density at radius 1 is 0.806 bits per heavy atom. The maximum absolute atomic E-state index is 13.5. The summed E-state index contributed by atoms with van der Waals surface area (Å²) in [6, 6.07) is 33.2. The summed E-state index contributed by atoms with van der Waals surface area (Å²) in [5, 5.41) is 0. The van der Waals surface area contributed by atoms with Crippen molar-refractivity contribution < 1.29 is 14.3 Å². The van der Waals surface area contributed by atoms with E-state index in [1.807, 2.05) is 103 Å².